The Labute approximate surface area is 79.3 Å². The molecule has 1 aliphatic heterocycles. The van der Waals surface area contributed by atoms with Gasteiger partial charge >= 0.3 is 0 Å². The minimum absolute atomic E-state index is 0.591. The lowest BCUT2D eigenvalue weighted by Crippen LogP contribution is -2.25. The molecule has 1 unspecified atom stereocenters. The molecule has 66 valence electrons. The standard InChI is InChI=1S/C7H11BrN4/c8-7-10-6-3-5(4-9)1-2-12(6)11-7/h5H,1-4,9H2. The normalized spacial score (nSPS) is 22.3. The first-order chi connectivity index (χ1) is 5.79. The van der Waals surface area contributed by atoms with E-state index < -0.39 is 0 Å². The zero-order chi connectivity index (χ0) is 8.55. The van der Waals surface area contributed by atoms with Crippen LogP contribution in [0.2, 0.25) is 0 Å². The van der Waals surface area contributed by atoms with E-state index in [-0.39, 0.29) is 0 Å². The number of fused-ring (bicyclic) bond motifs is 1. The molecule has 0 fully saturated rings. The van der Waals surface area contributed by atoms with Gasteiger partial charge in [0.25, 0.3) is 0 Å². The highest BCUT2D eigenvalue weighted by Gasteiger charge is 2.19. The predicted octanol–water partition coefficient (Wildman–Crippen LogP) is 0.562. The van der Waals surface area contributed by atoms with Crippen LogP contribution < -0.4 is 5.73 Å². The van der Waals surface area contributed by atoms with Crippen molar-refractivity contribution in [1.82, 2.24) is 14.8 Å². The molecule has 0 bridgehead atoms. The van der Waals surface area contributed by atoms with Crippen LogP contribution in [-0.2, 0) is 13.0 Å². The highest BCUT2D eigenvalue weighted by molar-refractivity contribution is 9.10. The molecular formula is C7H11BrN4. The summed E-state index contributed by atoms with van der Waals surface area (Å²) in [4.78, 5) is 4.26. The highest BCUT2D eigenvalue weighted by atomic mass is 79.9. The van der Waals surface area contributed by atoms with Crippen molar-refractivity contribution in [3.05, 3.63) is 10.6 Å². The fraction of sp³-hybridized carbons (Fsp3) is 0.714. The number of halogens is 1. The van der Waals surface area contributed by atoms with Gasteiger partial charge in [-0.2, -0.15) is 0 Å². The molecule has 1 atom stereocenters. The van der Waals surface area contributed by atoms with Gasteiger partial charge in [0.1, 0.15) is 5.82 Å². The number of hydrogen-bond donors (Lipinski definition) is 1. The molecular weight excluding hydrogens is 220 g/mol. The molecule has 0 aromatic carbocycles. The Kier molecular flexibility index (Phi) is 2.14. The van der Waals surface area contributed by atoms with Crippen LogP contribution in [0.1, 0.15) is 12.2 Å². The van der Waals surface area contributed by atoms with Crippen LogP contribution in [0.5, 0.6) is 0 Å². The quantitative estimate of drug-likeness (QED) is 0.768. The maximum Gasteiger partial charge on any atom is 0.217 e. The van der Waals surface area contributed by atoms with Crippen molar-refractivity contribution in [3.8, 4) is 0 Å². The minimum atomic E-state index is 0.591. The first kappa shape index (κ1) is 8.19. The van der Waals surface area contributed by atoms with E-state index in [1.54, 1.807) is 0 Å². The monoisotopic (exact) mass is 230 g/mol. The Bertz CT molecular complexity index is 283. The summed E-state index contributed by atoms with van der Waals surface area (Å²) in [5.74, 6) is 1.65. The molecule has 4 nitrogen and oxygen atoms in total. The lowest BCUT2D eigenvalue weighted by atomic mass is 9.99. The maximum absolute atomic E-state index is 5.60. The summed E-state index contributed by atoms with van der Waals surface area (Å²) in [7, 11) is 0. The van der Waals surface area contributed by atoms with E-state index in [0.717, 1.165) is 31.8 Å². The first-order valence-corrected chi connectivity index (χ1v) is 4.88. The van der Waals surface area contributed by atoms with Crippen LogP contribution in [0.25, 0.3) is 0 Å². The third-order valence-electron chi connectivity index (χ3n) is 2.28. The van der Waals surface area contributed by atoms with E-state index >= 15 is 0 Å². The Morgan fingerprint density at radius 1 is 1.67 bits per heavy atom. The van der Waals surface area contributed by atoms with E-state index in [2.05, 4.69) is 26.0 Å². The molecule has 0 radical (unpaired) electrons. The molecule has 1 aliphatic rings. The fourth-order valence-corrected chi connectivity index (χ4v) is 1.94. The number of aryl methyl sites for hydroxylation is 1. The predicted molar refractivity (Wildman–Crippen MR) is 48.6 cm³/mol. The number of aromatic nitrogens is 3. The maximum atomic E-state index is 5.60. The molecule has 5 heteroatoms. The van der Waals surface area contributed by atoms with Gasteiger partial charge in [0.05, 0.1) is 0 Å². The van der Waals surface area contributed by atoms with Gasteiger partial charge < -0.3 is 5.73 Å². The number of rotatable bonds is 1. The second-order valence-corrected chi connectivity index (χ2v) is 3.82. The van der Waals surface area contributed by atoms with Gasteiger partial charge in [-0.05, 0) is 34.8 Å². The largest absolute Gasteiger partial charge is 0.330 e. The molecule has 0 amide bonds. The number of nitrogens with two attached hydrogens (primary N) is 1. The van der Waals surface area contributed by atoms with E-state index in [0.29, 0.717) is 10.7 Å². The topological polar surface area (TPSA) is 56.7 Å². The smallest absolute Gasteiger partial charge is 0.217 e. The highest BCUT2D eigenvalue weighted by Crippen LogP contribution is 2.18. The van der Waals surface area contributed by atoms with Crippen molar-refractivity contribution in [2.24, 2.45) is 11.7 Å². The van der Waals surface area contributed by atoms with E-state index in [9.17, 15) is 0 Å². The Morgan fingerprint density at radius 3 is 3.25 bits per heavy atom. The van der Waals surface area contributed by atoms with Gasteiger partial charge in [-0.15, -0.1) is 5.10 Å². The third kappa shape index (κ3) is 1.38. The molecule has 2 heterocycles. The lowest BCUT2D eigenvalue weighted by Gasteiger charge is -2.19. The van der Waals surface area contributed by atoms with Crippen molar-refractivity contribution in [2.45, 2.75) is 19.4 Å². The minimum Gasteiger partial charge on any atom is -0.330 e. The molecule has 0 saturated heterocycles. The summed E-state index contributed by atoms with van der Waals surface area (Å²) in [6, 6.07) is 0. The Hall–Kier alpha value is -0.420. The first-order valence-electron chi connectivity index (χ1n) is 4.09. The number of hydrogen-bond acceptors (Lipinski definition) is 3. The molecule has 0 saturated carbocycles. The molecule has 2 rings (SSSR count). The van der Waals surface area contributed by atoms with Crippen LogP contribution in [-0.4, -0.2) is 21.3 Å². The zero-order valence-electron chi connectivity index (χ0n) is 6.70. The van der Waals surface area contributed by atoms with Gasteiger partial charge in [0, 0.05) is 13.0 Å². The fourth-order valence-electron chi connectivity index (χ4n) is 1.54. The van der Waals surface area contributed by atoms with Crippen LogP contribution in [0.3, 0.4) is 0 Å². The Balaban J connectivity index is 2.22. The van der Waals surface area contributed by atoms with Gasteiger partial charge in [-0.3, -0.25) is 0 Å². The van der Waals surface area contributed by atoms with Crippen LogP contribution >= 0.6 is 15.9 Å². The molecule has 0 aliphatic carbocycles. The van der Waals surface area contributed by atoms with Crippen molar-refractivity contribution < 1.29 is 0 Å². The van der Waals surface area contributed by atoms with Gasteiger partial charge in [0.15, 0.2) is 0 Å². The average Bonchev–Trinajstić information content (AvgIpc) is 2.43. The van der Waals surface area contributed by atoms with Crippen molar-refractivity contribution in [1.29, 1.82) is 0 Å². The SMILES string of the molecule is NCC1CCn2nc(Br)nc2C1. The lowest BCUT2D eigenvalue weighted by molar-refractivity contribution is 0.369. The van der Waals surface area contributed by atoms with Crippen LogP contribution in [0.15, 0.2) is 4.73 Å². The number of nitrogens with zero attached hydrogens (tertiary/aromatic N) is 3. The molecule has 1 aromatic heterocycles. The van der Waals surface area contributed by atoms with Crippen LogP contribution in [0.4, 0.5) is 0 Å². The Morgan fingerprint density at radius 2 is 2.50 bits per heavy atom. The van der Waals surface area contributed by atoms with E-state index in [1.807, 2.05) is 4.68 Å². The van der Waals surface area contributed by atoms with Gasteiger partial charge in [-0.25, -0.2) is 9.67 Å². The zero-order valence-corrected chi connectivity index (χ0v) is 8.29. The second kappa shape index (κ2) is 3.14. The average molecular weight is 231 g/mol. The molecule has 12 heavy (non-hydrogen) atoms. The summed E-state index contributed by atoms with van der Waals surface area (Å²) in [5, 5.41) is 4.20. The van der Waals surface area contributed by atoms with Crippen molar-refractivity contribution in [2.75, 3.05) is 6.54 Å². The third-order valence-corrected chi connectivity index (χ3v) is 2.61. The van der Waals surface area contributed by atoms with Gasteiger partial charge in [-0.1, -0.05) is 0 Å². The summed E-state index contributed by atoms with van der Waals surface area (Å²) in [6.07, 6.45) is 2.09. The summed E-state index contributed by atoms with van der Waals surface area (Å²) >= 11 is 3.26. The van der Waals surface area contributed by atoms with Crippen molar-refractivity contribution >= 4 is 15.9 Å². The van der Waals surface area contributed by atoms with E-state index in [1.165, 1.54) is 0 Å². The molecule has 1 aromatic rings. The second-order valence-electron chi connectivity index (χ2n) is 3.11. The van der Waals surface area contributed by atoms with E-state index in [4.69, 9.17) is 5.73 Å². The summed E-state index contributed by atoms with van der Waals surface area (Å²) in [5.41, 5.74) is 5.60. The van der Waals surface area contributed by atoms with Crippen molar-refractivity contribution in [3.63, 3.8) is 0 Å². The molecule has 0 spiro atoms. The van der Waals surface area contributed by atoms with Gasteiger partial charge in [0.2, 0.25) is 4.73 Å². The summed E-state index contributed by atoms with van der Waals surface area (Å²) in [6.45, 7) is 1.71. The summed E-state index contributed by atoms with van der Waals surface area (Å²) < 4.78 is 2.64. The molecule has 2 N–H and O–H groups in total. The van der Waals surface area contributed by atoms with Crippen LogP contribution in [0, 0.1) is 5.92 Å².